The van der Waals surface area contributed by atoms with Crippen LogP contribution in [0.15, 0.2) is 28.8 Å². The van der Waals surface area contributed by atoms with Crippen LogP contribution in [0.5, 0.6) is 0 Å². The lowest BCUT2D eigenvalue weighted by atomic mass is 9.86. The molecule has 0 bridgehead atoms. The Kier molecular flexibility index (Phi) is 4.29. The lowest BCUT2D eigenvalue weighted by Crippen LogP contribution is -2.29. The molecular weight excluding hydrogens is 269 g/mol. The van der Waals surface area contributed by atoms with Crippen molar-refractivity contribution in [3.8, 4) is 0 Å². The van der Waals surface area contributed by atoms with Gasteiger partial charge in [0.25, 0.3) is 0 Å². The fourth-order valence-electron chi connectivity index (χ4n) is 2.95. The Hall–Kier alpha value is -1.75. The molecule has 1 aromatic carbocycles. The fraction of sp³-hybridized carbons (Fsp3) is 0.500. The molecular formula is C16H20FN3O. The van der Waals surface area contributed by atoms with Gasteiger partial charge in [-0.1, -0.05) is 23.4 Å². The van der Waals surface area contributed by atoms with E-state index >= 15 is 0 Å². The number of nitrogens with zero attached hydrogens (tertiary/aromatic N) is 2. The van der Waals surface area contributed by atoms with E-state index in [0.29, 0.717) is 35.7 Å². The third-order valence-electron chi connectivity index (χ3n) is 4.27. The summed E-state index contributed by atoms with van der Waals surface area (Å²) in [6, 6.07) is 7.31. The van der Waals surface area contributed by atoms with Crippen molar-refractivity contribution in [3.63, 3.8) is 0 Å². The van der Waals surface area contributed by atoms with Crippen molar-refractivity contribution in [3.05, 3.63) is 47.4 Å². The Morgan fingerprint density at radius 3 is 2.71 bits per heavy atom. The molecule has 1 heterocycles. The van der Waals surface area contributed by atoms with Gasteiger partial charge in [0.05, 0.1) is 0 Å². The van der Waals surface area contributed by atoms with Crippen LogP contribution < -0.4 is 5.32 Å². The highest BCUT2D eigenvalue weighted by Gasteiger charge is 2.25. The minimum atomic E-state index is -0.224. The van der Waals surface area contributed by atoms with E-state index in [4.69, 9.17) is 4.52 Å². The van der Waals surface area contributed by atoms with Crippen molar-refractivity contribution in [2.45, 2.75) is 44.1 Å². The van der Waals surface area contributed by atoms with Crippen molar-refractivity contribution in [2.24, 2.45) is 0 Å². The maximum atomic E-state index is 13.6. The molecule has 1 N–H and O–H groups in total. The normalized spacial score (nSPS) is 22.4. The van der Waals surface area contributed by atoms with Gasteiger partial charge in [-0.25, -0.2) is 4.39 Å². The molecule has 0 spiro atoms. The zero-order chi connectivity index (χ0) is 14.7. The van der Waals surface area contributed by atoms with Crippen molar-refractivity contribution in [1.82, 2.24) is 15.5 Å². The van der Waals surface area contributed by atoms with E-state index in [2.05, 4.69) is 15.5 Å². The first-order valence-corrected chi connectivity index (χ1v) is 7.49. The molecule has 1 fully saturated rings. The summed E-state index contributed by atoms with van der Waals surface area (Å²) in [7, 11) is 2.00. The van der Waals surface area contributed by atoms with E-state index in [1.807, 2.05) is 13.1 Å². The van der Waals surface area contributed by atoms with E-state index in [1.54, 1.807) is 12.1 Å². The van der Waals surface area contributed by atoms with Crippen LogP contribution in [0.2, 0.25) is 0 Å². The monoisotopic (exact) mass is 289 g/mol. The first-order valence-electron chi connectivity index (χ1n) is 7.49. The quantitative estimate of drug-likeness (QED) is 0.940. The van der Waals surface area contributed by atoms with Crippen LogP contribution in [0.3, 0.4) is 0 Å². The van der Waals surface area contributed by atoms with Crippen molar-refractivity contribution < 1.29 is 8.91 Å². The zero-order valence-corrected chi connectivity index (χ0v) is 12.2. The van der Waals surface area contributed by atoms with Gasteiger partial charge in [-0.3, -0.25) is 0 Å². The Bertz CT molecular complexity index is 591. The van der Waals surface area contributed by atoms with Crippen molar-refractivity contribution in [2.75, 3.05) is 7.05 Å². The molecule has 1 saturated carbocycles. The Morgan fingerprint density at radius 2 is 2.00 bits per heavy atom. The smallest absolute Gasteiger partial charge is 0.229 e. The molecule has 4 nitrogen and oxygen atoms in total. The van der Waals surface area contributed by atoms with Crippen LogP contribution in [0, 0.1) is 5.82 Å². The molecule has 1 aliphatic carbocycles. The Balaban J connectivity index is 1.65. The highest BCUT2D eigenvalue weighted by molar-refractivity contribution is 5.20. The Morgan fingerprint density at radius 1 is 1.24 bits per heavy atom. The number of halogens is 1. The van der Waals surface area contributed by atoms with E-state index in [1.165, 1.54) is 6.07 Å². The van der Waals surface area contributed by atoms with E-state index in [9.17, 15) is 4.39 Å². The predicted octanol–water partition coefficient (Wildman–Crippen LogP) is 3.05. The van der Waals surface area contributed by atoms with Crippen LogP contribution >= 0.6 is 0 Å². The highest BCUT2D eigenvalue weighted by Crippen LogP contribution is 2.31. The topological polar surface area (TPSA) is 51.0 Å². The number of benzene rings is 1. The lowest BCUT2D eigenvalue weighted by Gasteiger charge is -2.25. The molecule has 5 heteroatoms. The van der Waals surface area contributed by atoms with Crippen LogP contribution in [0.4, 0.5) is 4.39 Å². The summed E-state index contributed by atoms with van der Waals surface area (Å²) in [6.45, 7) is 0. The minimum absolute atomic E-state index is 0.224. The number of hydrogen-bond acceptors (Lipinski definition) is 4. The number of hydrogen-bond donors (Lipinski definition) is 1. The fourth-order valence-corrected chi connectivity index (χ4v) is 2.95. The summed E-state index contributed by atoms with van der Waals surface area (Å²) in [4.78, 5) is 4.46. The molecule has 1 aliphatic rings. The van der Waals surface area contributed by atoms with Gasteiger partial charge in [0.15, 0.2) is 5.82 Å². The SMILES string of the molecule is CNC1CCC(c2nc(Cc3ccccc3F)no2)CC1. The summed E-state index contributed by atoms with van der Waals surface area (Å²) >= 11 is 0. The highest BCUT2D eigenvalue weighted by atomic mass is 19.1. The summed E-state index contributed by atoms with van der Waals surface area (Å²) in [5.41, 5.74) is 0.601. The average Bonchev–Trinajstić information content (AvgIpc) is 2.98. The molecule has 2 aromatic rings. The Labute approximate surface area is 123 Å². The first kappa shape index (κ1) is 14.2. The molecule has 3 rings (SSSR count). The molecule has 0 amide bonds. The van der Waals surface area contributed by atoms with Gasteiger partial charge >= 0.3 is 0 Å². The molecule has 0 aliphatic heterocycles. The van der Waals surface area contributed by atoms with Crippen LogP contribution in [-0.2, 0) is 6.42 Å². The maximum absolute atomic E-state index is 13.6. The summed E-state index contributed by atoms with van der Waals surface area (Å²) in [5.74, 6) is 1.39. The van der Waals surface area contributed by atoms with Crippen LogP contribution in [0.1, 0.15) is 48.9 Å². The zero-order valence-electron chi connectivity index (χ0n) is 12.2. The van der Waals surface area contributed by atoms with E-state index < -0.39 is 0 Å². The van der Waals surface area contributed by atoms with Gasteiger partial charge in [-0.05, 0) is 44.4 Å². The molecule has 0 saturated heterocycles. The summed E-state index contributed by atoms with van der Waals surface area (Å²) in [5, 5.41) is 7.31. The van der Waals surface area contributed by atoms with Crippen molar-refractivity contribution >= 4 is 0 Å². The molecule has 21 heavy (non-hydrogen) atoms. The molecule has 0 radical (unpaired) electrons. The van der Waals surface area contributed by atoms with Crippen molar-refractivity contribution in [1.29, 1.82) is 0 Å². The second-order valence-corrected chi connectivity index (χ2v) is 5.65. The molecule has 0 atom stereocenters. The molecule has 112 valence electrons. The molecule has 0 unspecified atom stereocenters. The largest absolute Gasteiger partial charge is 0.339 e. The van der Waals surface area contributed by atoms with Gasteiger partial charge in [0.2, 0.25) is 5.89 Å². The van der Waals surface area contributed by atoms with Gasteiger partial charge in [-0.2, -0.15) is 4.98 Å². The summed E-state index contributed by atoms with van der Waals surface area (Å²) in [6.07, 6.45) is 4.76. The predicted molar refractivity (Wildman–Crippen MR) is 77.6 cm³/mol. The van der Waals surface area contributed by atoms with Gasteiger partial charge in [-0.15, -0.1) is 0 Å². The second-order valence-electron chi connectivity index (χ2n) is 5.65. The van der Waals surface area contributed by atoms with Crippen LogP contribution in [0.25, 0.3) is 0 Å². The van der Waals surface area contributed by atoms with E-state index in [0.717, 1.165) is 25.7 Å². The van der Waals surface area contributed by atoms with E-state index in [-0.39, 0.29) is 5.82 Å². The molecule has 1 aromatic heterocycles. The second kappa shape index (κ2) is 6.35. The number of aromatic nitrogens is 2. The average molecular weight is 289 g/mol. The number of rotatable bonds is 4. The van der Waals surface area contributed by atoms with Gasteiger partial charge in [0.1, 0.15) is 5.82 Å². The maximum Gasteiger partial charge on any atom is 0.229 e. The summed E-state index contributed by atoms with van der Waals surface area (Å²) < 4.78 is 19.0. The lowest BCUT2D eigenvalue weighted by molar-refractivity contribution is 0.287. The third kappa shape index (κ3) is 3.29. The first-order chi connectivity index (χ1) is 10.3. The minimum Gasteiger partial charge on any atom is -0.339 e. The van der Waals surface area contributed by atoms with Gasteiger partial charge < -0.3 is 9.84 Å². The van der Waals surface area contributed by atoms with Gasteiger partial charge in [0, 0.05) is 18.4 Å². The number of nitrogens with one attached hydrogen (secondary N) is 1. The van der Waals surface area contributed by atoms with Crippen LogP contribution in [-0.4, -0.2) is 23.2 Å². The standard InChI is InChI=1S/C16H20FN3O/c1-18-13-8-6-11(7-9-13)16-19-15(20-21-16)10-12-4-2-3-5-14(12)17/h2-5,11,13,18H,6-10H2,1H3. The third-order valence-corrected chi connectivity index (χ3v) is 4.27.